The number of imidazole rings is 1. The third kappa shape index (κ3) is 2.97. The van der Waals surface area contributed by atoms with Crippen LogP contribution >= 0.6 is 28.3 Å². The minimum Gasteiger partial charge on any atom is -0.253 e. The Morgan fingerprint density at radius 3 is 2.58 bits per heavy atom. The minimum atomic E-state index is -1.02. The lowest BCUT2D eigenvalue weighted by molar-refractivity contribution is 0.509. The monoisotopic (exact) mass is 436 g/mol. The molecule has 0 fully saturated rings. The average molecular weight is 437 g/mol. The number of pyridine rings is 2. The molecule has 9 heteroatoms. The summed E-state index contributed by atoms with van der Waals surface area (Å²) in [4.78, 5) is 13.0. The Balaban J connectivity index is 1.92. The first-order valence-electron chi connectivity index (χ1n) is 7.31. The summed E-state index contributed by atoms with van der Waals surface area (Å²) < 4.78 is 42.1. The molecule has 0 unspecified atom stereocenters. The molecule has 0 saturated heterocycles. The molecule has 130 valence electrons. The third-order valence-corrected chi connectivity index (χ3v) is 4.61. The van der Waals surface area contributed by atoms with E-state index in [1.165, 1.54) is 12.4 Å². The molecule has 3 aromatic heterocycles. The first-order chi connectivity index (χ1) is 12.6. The fourth-order valence-electron chi connectivity index (χ4n) is 2.59. The fraction of sp³-hybridized carbons (Fsp3) is 0. The molecule has 4 nitrogen and oxygen atoms in total. The Morgan fingerprint density at radius 2 is 1.81 bits per heavy atom. The number of nitrogens with zero attached hydrogens (tertiary/aromatic N) is 4. The molecule has 0 N–H and O–H groups in total. The molecule has 26 heavy (non-hydrogen) atoms. The van der Waals surface area contributed by atoms with Crippen molar-refractivity contribution in [2.75, 3.05) is 0 Å². The maximum absolute atomic E-state index is 13.7. The Bertz CT molecular complexity index is 1130. The molecule has 4 rings (SSSR count). The van der Waals surface area contributed by atoms with Gasteiger partial charge in [0.25, 0.3) is 0 Å². The second-order valence-corrected chi connectivity index (χ2v) is 6.80. The molecule has 0 aliphatic carbocycles. The lowest BCUT2D eigenvalue weighted by atomic mass is 10.1. The zero-order chi connectivity index (χ0) is 18.3. The SMILES string of the molecule is FSn1cnc(-c2ccc3ncc(Br)cc3n2)c1-c1ccc(F)c(F)c1. The van der Waals surface area contributed by atoms with Gasteiger partial charge in [-0.15, -0.1) is 3.89 Å². The van der Waals surface area contributed by atoms with E-state index in [-0.39, 0.29) is 23.6 Å². The lowest BCUT2D eigenvalue weighted by Crippen LogP contribution is -1.94. The molecule has 0 bridgehead atoms. The van der Waals surface area contributed by atoms with E-state index in [9.17, 15) is 12.7 Å². The molecule has 0 aliphatic heterocycles. The van der Waals surface area contributed by atoms with Gasteiger partial charge in [-0.1, -0.05) is 0 Å². The van der Waals surface area contributed by atoms with E-state index in [1.807, 2.05) is 0 Å². The number of halogens is 4. The van der Waals surface area contributed by atoms with E-state index >= 15 is 0 Å². The van der Waals surface area contributed by atoms with Crippen LogP contribution in [0.25, 0.3) is 33.7 Å². The normalized spacial score (nSPS) is 11.2. The highest BCUT2D eigenvalue weighted by Crippen LogP contribution is 2.34. The summed E-state index contributed by atoms with van der Waals surface area (Å²) >= 11 is 3.25. The Labute approximate surface area is 158 Å². The van der Waals surface area contributed by atoms with E-state index in [0.29, 0.717) is 22.4 Å². The molecule has 0 spiro atoms. The predicted octanol–water partition coefficient (Wildman–Crippen LogP) is 5.58. The molecule has 3 heterocycles. The van der Waals surface area contributed by atoms with E-state index < -0.39 is 11.6 Å². The summed E-state index contributed by atoms with van der Waals surface area (Å²) in [7, 11) is 0. The fourth-order valence-corrected chi connectivity index (χ4v) is 3.26. The van der Waals surface area contributed by atoms with Crippen LogP contribution in [0.5, 0.6) is 0 Å². The summed E-state index contributed by atoms with van der Waals surface area (Å²) in [6.07, 6.45) is 2.92. The minimum absolute atomic E-state index is 0.0878. The number of benzene rings is 1. The Morgan fingerprint density at radius 1 is 0.962 bits per heavy atom. The standard InChI is InChI=1S/C17H8BrF3N4S/c18-10-6-15-13(22-7-10)3-4-14(24-15)16-17(25(26-21)8-23-16)9-1-2-11(19)12(20)5-9/h1-8H. The van der Waals surface area contributed by atoms with Gasteiger partial charge >= 0.3 is 0 Å². The summed E-state index contributed by atoms with van der Waals surface area (Å²) in [6, 6.07) is 8.61. The van der Waals surface area contributed by atoms with Gasteiger partial charge in [0.1, 0.15) is 12.0 Å². The zero-order valence-corrected chi connectivity index (χ0v) is 15.2. The Hall–Kier alpha value is -2.39. The van der Waals surface area contributed by atoms with Gasteiger partial charge < -0.3 is 0 Å². The number of rotatable bonds is 3. The number of hydrogen-bond acceptors (Lipinski definition) is 4. The van der Waals surface area contributed by atoms with Crippen molar-refractivity contribution in [3.8, 4) is 22.6 Å². The van der Waals surface area contributed by atoms with Crippen molar-refractivity contribution in [2.24, 2.45) is 0 Å². The van der Waals surface area contributed by atoms with Gasteiger partial charge in [-0.3, -0.25) is 4.98 Å². The number of hydrogen-bond donors (Lipinski definition) is 0. The summed E-state index contributed by atoms with van der Waals surface area (Å²) in [6.45, 7) is 0. The molecular formula is C17H8BrF3N4S. The van der Waals surface area contributed by atoms with Gasteiger partial charge in [0, 0.05) is 16.2 Å². The largest absolute Gasteiger partial charge is 0.253 e. The van der Waals surface area contributed by atoms with Crippen LogP contribution in [0.4, 0.5) is 12.7 Å². The second kappa shape index (κ2) is 6.73. The van der Waals surface area contributed by atoms with Crippen LogP contribution in [0.2, 0.25) is 0 Å². The molecule has 4 aromatic rings. The van der Waals surface area contributed by atoms with E-state index in [4.69, 9.17) is 0 Å². The van der Waals surface area contributed by atoms with Crippen LogP contribution in [-0.4, -0.2) is 18.9 Å². The van der Waals surface area contributed by atoms with Gasteiger partial charge in [0.2, 0.25) is 0 Å². The van der Waals surface area contributed by atoms with Gasteiger partial charge in [0.05, 0.1) is 22.4 Å². The summed E-state index contributed by atoms with van der Waals surface area (Å²) in [5, 5.41) is 0. The molecule has 0 atom stereocenters. The molecule has 0 aliphatic rings. The van der Waals surface area contributed by atoms with Gasteiger partial charge in [-0.25, -0.2) is 22.7 Å². The number of aromatic nitrogens is 4. The maximum atomic E-state index is 13.7. The van der Waals surface area contributed by atoms with Gasteiger partial charge in [0.15, 0.2) is 24.0 Å². The molecule has 0 amide bonds. The highest BCUT2D eigenvalue weighted by molar-refractivity contribution is 9.10. The van der Waals surface area contributed by atoms with E-state index in [2.05, 4.69) is 30.9 Å². The quantitative estimate of drug-likeness (QED) is 0.420. The van der Waals surface area contributed by atoms with Crippen molar-refractivity contribution in [2.45, 2.75) is 0 Å². The van der Waals surface area contributed by atoms with Crippen molar-refractivity contribution in [3.05, 3.63) is 65.0 Å². The highest BCUT2D eigenvalue weighted by atomic mass is 79.9. The van der Waals surface area contributed by atoms with Crippen LogP contribution in [0.15, 0.2) is 53.4 Å². The van der Waals surface area contributed by atoms with Crippen molar-refractivity contribution in [3.63, 3.8) is 0 Å². The van der Waals surface area contributed by atoms with Gasteiger partial charge in [-0.2, -0.15) is 0 Å². The van der Waals surface area contributed by atoms with Crippen LogP contribution < -0.4 is 0 Å². The second-order valence-electron chi connectivity index (χ2n) is 5.35. The van der Waals surface area contributed by atoms with Gasteiger partial charge in [-0.05, 0) is 52.3 Å². The molecule has 0 radical (unpaired) electrons. The van der Waals surface area contributed by atoms with Crippen molar-refractivity contribution >= 4 is 39.3 Å². The van der Waals surface area contributed by atoms with Crippen LogP contribution in [0.1, 0.15) is 0 Å². The third-order valence-electron chi connectivity index (χ3n) is 3.75. The topological polar surface area (TPSA) is 43.6 Å². The Kier molecular flexibility index (Phi) is 4.41. The number of fused-ring (bicyclic) bond motifs is 1. The summed E-state index contributed by atoms with van der Waals surface area (Å²) in [5.41, 5.74) is 2.69. The van der Waals surface area contributed by atoms with Crippen molar-refractivity contribution in [1.29, 1.82) is 0 Å². The van der Waals surface area contributed by atoms with Crippen molar-refractivity contribution in [1.82, 2.24) is 18.9 Å². The lowest BCUT2D eigenvalue weighted by Gasteiger charge is -2.07. The maximum Gasteiger partial charge on any atom is 0.171 e. The van der Waals surface area contributed by atoms with Crippen LogP contribution in [0, 0.1) is 11.6 Å². The predicted molar refractivity (Wildman–Crippen MR) is 97.9 cm³/mol. The van der Waals surface area contributed by atoms with E-state index in [0.717, 1.165) is 20.6 Å². The average Bonchev–Trinajstić information content (AvgIpc) is 3.07. The zero-order valence-electron chi connectivity index (χ0n) is 12.8. The molecular weight excluding hydrogens is 429 g/mol. The van der Waals surface area contributed by atoms with Crippen LogP contribution in [0.3, 0.4) is 0 Å². The molecule has 0 saturated carbocycles. The smallest absolute Gasteiger partial charge is 0.171 e. The highest BCUT2D eigenvalue weighted by Gasteiger charge is 2.19. The van der Waals surface area contributed by atoms with E-state index in [1.54, 1.807) is 24.4 Å². The van der Waals surface area contributed by atoms with Crippen LogP contribution in [-0.2, 0) is 0 Å². The molecule has 1 aromatic carbocycles. The van der Waals surface area contributed by atoms with Crippen molar-refractivity contribution < 1.29 is 12.7 Å². The summed E-state index contributed by atoms with van der Waals surface area (Å²) in [5.74, 6) is -2.00. The first kappa shape index (κ1) is 17.0. The first-order valence-corrected chi connectivity index (χ1v) is 8.78.